The number of aryl methyl sites for hydroxylation is 1. The van der Waals surface area contributed by atoms with E-state index in [0.717, 1.165) is 71.5 Å². The second-order valence-electron chi connectivity index (χ2n) is 9.89. The van der Waals surface area contributed by atoms with Crippen molar-refractivity contribution in [3.63, 3.8) is 0 Å². The molecule has 1 aliphatic heterocycles. The number of aromatic nitrogens is 2. The first kappa shape index (κ1) is 21.2. The Balaban J connectivity index is 1.44. The van der Waals surface area contributed by atoms with E-state index in [9.17, 15) is 9.18 Å². The van der Waals surface area contributed by atoms with Gasteiger partial charge in [-0.3, -0.25) is 4.79 Å². The minimum Gasteiger partial charge on any atom is -0.323 e. The highest BCUT2D eigenvalue weighted by Gasteiger charge is 2.48. The quantitative estimate of drug-likeness (QED) is 0.403. The van der Waals surface area contributed by atoms with E-state index >= 15 is 0 Å². The van der Waals surface area contributed by atoms with Gasteiger partial charge in [-0.05, 0) is 67.6 Å². The first-order valence-electron chi connectivity index (χ1n) is 12.1. The van der Waals surface area contributed by atoms with Crippen LogP contribution in [0.3, 0.4) is 0 Å². The van der Waals surface area contributed by atoms with Crippen molar-refractivity contribution in [2.24, 2.45) is 11.3 Å². The number of para-hydroxylation sites is 1. The van der Waals surface area contributed by atoms with Gasteiger partial charge in [0.15, 0.2) is 0 Å². The molecule has 4 nitrogen and oxygen atoms in total. The number of halogens is 1. The molecular formula is C29H28FN3O. The summed E-state index contributed by atoms with van der Waals surface area (Å²) in [5.74, 6) is 1.31. The zero-order chi connectivity index (χ0) is 23.3. The Bertz CT molecular complexity index is 1360. The van der Waals surface area contributed by atoms with Gasteiger partial charge in [-0.25, -0.2) is 9.37 Å². The van der Waals surface area contributed by atoms with Crippen molar-refractivity contribution in [2.75, 3.05) is 13.1 Å². The molecule has 1 aliphatic carbocycles. The zero-order valence-electron chi connectivity index (χ0n) is 19.4. The second-order valence-corrected chi connectivity index (χ2v) is 9.89. The van der Waals surface area contributed by atoms with Crippen LogP contribution >= 0.6 is 0 Å². The molecule has 0 radical (unpaired) electrons. The Morgan fingerprint density at radius 3 is 2.35 bits per heavy atom. The lowest BCUT2D eigenvalue weighted by Crippen LogP contribution is -2.39. The van der Waals surface area contributed by atoms with Gasteiger partial charge in [0.2, 0.25) is 0 Å². The van der Waals surface area contributed by atoms with Crippen molar-refractivity contribution in [1.82, 2.24) is 14.9 Å². The van der Waals surface area contributed by atoms with Crippen LogP contribution in [0.4, 0.5) is 4.39 Å². The molecule has 0 amide bonds. The number of fused-ring (bicyclic) bond motifs is 1. The molecule has 1 N–H and O–H groups in total. The second kappa shape index (κ2) is 8.17. The predicted molar refractivity (Wildman–Crippen MR) is 133 cm³/mol. The average Bonchev–Trinajstić information content (AvgIpc) is 3.49. The summed E-state index contributed by atoms with van der Waals surface area (Å²) in [6.07, 6.45) is 2.93. The number of hydrogen-bond acceptors (Lipinski definition) is 3. The topological polar surface area (TPSA) is 46.9 Å². The molecule has 2 aliphatic rings. The molecule has 6 rings (SSSR count). The maximum atomic E-state index is 13.4. The number of carbonyl (C=O) groups excluding carboxylic acids is 1. The molecule has 1 saturated carbocycles. The van der Waals surface area contributed by atoms with Crippen LogP contribution in [-0.4, -0.2) is 28.4 Å². The van der Waals surface area contributed by atoms with E-state index in [2.05, 4.69) is 59.3 Å². The summed E-state index contributed by atoms with van der Waals surface area (Å²) in [5.41, 5.74) is 5.84. The predicted octanol–water partition coefficient (Wildman–Crippen LogP) is 5.78. The SMILES string of the molecule is Cc1cccc2c1nc(-c1ccc(-c3ccc(F)cc3)cc1)n2C[C@]1(C(=O)C2CC2)CCNC1. The molecule has 4 aromatic rings. The molecule has 2 fully saturated rings. The summed E-state index contributed by atoms with van der Waals surface area (Å²) < 4.78 is 15.6. The highest BCUT2D eigenvalue weighted by atomic mass is 19.1. The third-order valence-electron chi connectivity index (χ3n) is 7.48. The summed E-state index contributed by atoms with van der Waals surface area (Å²) in [5, 5.41) is 3.46. The van der Waals surface area contributed by atoms with E-state index in [1.807, 2.05) is 0 Å². The smallest absolute Gasteiger partial charge is 0.145 e. The molecule has 0 unspecified atom stereocenters. The van der Waals surface area contributed by atoms with Gasteiger partial charge in [0.25, 0.3) is 0 Å². The number of rotatable bonds is 6. The van der Waals surface area contributed by atoms with Gasteiger partial charge in [-0.15, -0.1) is 0 Å². The number of Topliss-reactive ketones (excluding diaryl/α,β-unsaturated/α-hetero) is 1. The van der Waals surface area contributed by atoms with Crippen molar-refractivity contribution < 1.29 is 9.18 Å². The van der Waals surface area contributed by atoms with E-state index in [1.54, 1.807) is 12.1 Å². The van der Waals surface area contributed by atoms with Crippen LogP contribution in [0.25, 0.3) is 33.5 Å². The Labute approximate surface area is 198 Å². The van der Waals surface area contributed by atoms with E-state index in [0.29, 0.717) is 12.3 Å². The summed E-state index contributed by atoms with van der Waals surface area (Å²) in [4.78, 5) is 18.5. The highest BCUT2D eigenvalue weighted by Crippen LogP contribution is 2.42. The van der Waals surface area contributed by atoms with E-state index in [4.69, 9.17) is 4.98 Å². The Kier molecular flexibility index (Phi) is 5.10. The lowest BCUT2D eigenvalue weighted by Gasteiger charge is -2.28. The standard InChI is InChI=1S/C29H28FN3O/c1-19-3-2-4-25-26(19)32-28(23-9-5-20(6-10-23)21-11-13-24(30)14-12-21)33(25)18-29(15-16-31-17-29)27(34)22-7-8-22/h2-6,9-14,22,31H,7-8,15-18H2,1H3/t29-/m0/s1. The van der Waals surface area contributed by atoms with Gasteiger partial charge in [-0.2, -0.15) is 0 Å². The first-order valence-corrected chi connectivity index (χ1v) is 12.1. The maximum absolute atomic E-state index is 13.4. The Morgan fingerprint density at radius 2 is 1.71 bits per heavy atom. The van der Waals surface area contributed by atoms with Gasteiger partial charge in [-0.1, -0.05) is 48.5 Å². The van der Waals surface area contributed by atoms with Crippen LogP contribution in [0, 0.1) is 24.1 Å². The molecule has 3 aromatic carbocycles. The summed E-state index contributed by atoms with van der Waals surface area (Å²) in [6, 6.07) is 21.1. The number of ketones is 1. The molecule has 0 spiro atoms. The van der Waals surface area contributed by atoms with Crippen LogP contribution < -0.4 is 5.32 Å². The lowest BCUT2D eigenvalue weighted by molar-refractivity contribution is -0.129. The number of nitrogens with zero attached hydrogens (tertiary/aromatic N) is 2. The largest absolute Gasteiger partial charge is 0.323 e. The van der Waals surface area contributed by atoms with Crippen molar-refractivity contribution in [1.29, 1.82) is 0 Å². The summed E-state index contributed by atoms with van der Waals surface area (Å²) in [7, 11) is 0. The van der Waals surface area contributed by atoms with Gasteiger partial charge >= 0.3 is 0 Å². The maximum Gasteiger partial charge on any atom is 0.145 e. The van der Waals surface area contributed by atoms with E-state index < -0.39 is 0 Å². The van der Waals surface area contributed by atoms with E-state index in [1.165, 1.54) is 12.1 Å². The van der Waals surface area contributed by atoms with Crippen LogP contribution in [0.2, 0.25) is 0 Å². The van der Waals surface area contributed by atoms with Crippen LogP contribution in [0.1, 0.15) is 24.8 Å². The minimum absolute atomic E-state index is 0.231. The highest BCUT2D eigenvalue weighted by molar-refractivity contribution is 5.90. The third kappa shape index (κ3) is 3.64. The molecule has 172 valence electrons. The van der Waals surface area contributed by atoms with Crippen molar-refractivity contribution in [3.8, 4) is 22.5 Å². The minimum atomic E-state index is -0.374. The van der Waals surface area contributed by atoms with E-state index in [-0.39, 0.29) is 17.2 Å². The number of nitrogens with one attached hydrogen (secondary N) is 1. The fourth-order valence-electron chi connectivity index (χ4n) is 5.37. The van der Waals surface area contributed by atoms with Crippen LogP contribution in [0.5, 0.6) is 0 Å². The van der Waals surface area contributed by atoms with Crippen LogP contribution in [0.15, 0.2) is 66.7 Å². The fraction of sp³-hybridized carbons (Fsp3) is 0.310. The Hall–Kier alpha value is -3.31. The lowest BCUT2D eigenvalue weighted by atomic mass is 9.80. The molecule has 2 heterocycles. The first-order chi connectivity index (χ1) is 16.5. The molecule has 0 bridgehead atoms. The number of benzene rings is 3. The van der Waals surface area contributed by atoms with Gasteiger partial charge in [0.1, 0.15) is 17.4 Å². The van der Waals surface area contributed by atoms with Gasteiger partial charge < -0.3 is 9.88 Å². The molecule has 34 heavy (non-hydrogen) atoms. The zero-order valence-corrected chi connectivity index (χ0v) is 19.4. The van der Waals surface area contributed by atoms with Crippen molar-refractivity contribution in [3.05, 3.63) is 78.1 Å². The number of carbonyl (C=O) groups is 1. The van der Waals surface area contributed by atoms with Gasteiger partial charge in [0.05, 0.1) is 16.4 Å². The fourth-order valence-corrected chi connectivity index (χ4v) is 5.37. The van der Waals surface area contributed by atoms with Crippen molar-refractivity contribution in [2.45, 2.75) is 32.7 Å². The number of hydrogen-bond donors (Lipinski definition) is 1. The van der Waals surface area contributed by atoms with Crippen LogP contribution in [-0.2, 0) is 11.3 Å². The average molecular weight is 454 g/mol. The summed E-state index contributed by atoms with van der Waals surface area (Å²) >= 11 is 0. The summed E-state index contributed by atoms with van der Waals surface area (Å²) in [6.45, 7) is 4.34. The normalized spacial score (nSPS) is 20.2. The molecule has 5 heteroatoms. The Morgan fingerprint density at radius 1 is 1.03 bits per heavy atom. The van der Waals surface area contributed by atoms with Crippen molar-refractivity contribution >= 4 is 16.8 Å². The molecule has 1 saturated heterocycles. The molecule has 1 atom stereocenters. The monoisotopic (exact) mass is 453 g/mol. The van der Waals surface area contributed by atoms with Gasteiger partial charge in [0, 0.05) is 24.6 Å². The molecule has 1 aromatic heterocycles. The molecular weight excluding hydrogens is 425 g/mol. The third-order valence-corrected chi connectivity index (χ3v) is 7.48. The number of imidazole rings is 1.